The summed E-state index contributed by atoms with van der Waals surface area (Å²) in [6.07, 6.45) is 0. The van der Waals surface area contributed by atoms with Crippen molar-refractivity contribution in [3.63, 3.8) is 0 Å². The number of aryl methyl sites for hydroxylation is 2. The van der Waals surface area contributed by atoms with Gasteiger partial charge in [-0.3, -0.25) is 4.79 Å². The lowest BCUT2D eigenvalue weighted by Crippen LogP contribution is -2.04. The summed E-state index contributed by atoms with van der Waals surface area (Å²) in [4.78, 5) is 12.4. The molecule has 2 N–H and O–H groups in total. The van der Waals surface area contributed by atoms with Crippen molar-refractivity contribution in [1.29, 1.82) is 0 Å². The first-order chi connectivity index (χ1) is 8.49. The van der Waals surface area contributed by atoms with Crippen molar-refractivity contribution >= 4 is 23.1 Å². The summed E-state index contributed by atoms with van der Waals surface area (Å²) in [6.45, 7) is 3.77. The maximum atomic E-state index is 12.4. The van der Waals surface area contributed by atoms with E-state index in [1.54, 1.807) is 36.4 Å². The zero-order chi connectivity index (χ0) is 13.3. The van der Waals surface area contributed by atoms with Gasteiger partial charge >= 0.3 is 0 Å². The van der Waals surface area contributed by atoms with Gasteiger partial charge in [-0.25, -0.2) is 0 Å². The molecule has 0 unspecified atom stereocenters. The first-order valence-electron chi connectivity index (χ1n) is 5.66. The second-order valence-electron chi connectivity index (χ2n) is 4.37. The van der Waals surface area contributed by atoms with Crippen LogP contribution in [0.4, 0.5) is 5.69 Å². The predicted octanol–water partition coefficient (Wildman–Crippen LogP) is 3.77. The molecule has 0 aromatic heterocycles. The molecule has 0 heterocycles. The lowest BCUT2D eigenvalue weighted by Gasteiger charge is -2.07. The molecule has 2 aromatic carbocycles. The summed E-state index contributed by atoms with van der Waals surface area (Å²) < 4.78 is 0. The SMILES string of the molecule is Cc1cc(C(=O)c2ccc(N)cc2C)ccc1Cl. The molecule has 92 valence electrons. The average Bonchev–Trinajstić information content (AvgIpc) is 2.32. The maximum absolute atomic E-state index is 12.4. The van der Waals surface area contributed by atoms with Crippen LogP contribution in [0.3, 0.4) is 0 Å². The first kappa shape index (κ1) is 12.7. The Balaban J connectivity index is 2.44. The second kappa shape index (κ2) is 4.83. The van der Waals surface area contributed by atoms with Crippen LogP contribution >= 0.6 is 11.6 Å². The normalized spacial score (nSPS) is 10.4. The summed E-state index contributed by atoms with van der Waals surface area (Å²) in [5.74, 6) is -0.00716. The molecule has 18 heavy (non-hydrogen) atoms. The number of halogens is 1. The van der Waals surface area contributed by atoms with Crippen LogP contribution in [0.15, 0.2) is 36.4 Å². The monoisotopic (exact) mass is 259 g/mol. The molecule has 3 heteroatoms. The van der Waals surface area contributed by atoms with Gasteiger partial charge in [-0.15, -0.1) is 0 Å². The molecule has 0 spiro atoms. The summed E-state index contributed by atoms with van der Waals surface area (Å²) in [5.41, 5.74) is 9.44. The van der Waals surface area contributed by atoms with E-state index in [9.17, 15) is 4.79 Å². The minimum atomic E-state index is -0.00716. The molecule has 0 bridgehead atoms. The first-order valence-corrected chi connectivity index (χ1v) is 6.04. The van der Waals surface area contributed by atoms with Crippen molar-refractivity contribution in [3.8, 4) is 0 Å². The van der Waals surface area contributed by atoms with Gasteiger partial charge in [0, 0.05) is 21.8 Å². The molecule has 2 rings (SSSR count). The average molecular weight is 260 g/mol. The molecule has 0 atom stereocenters. The van der Waals surface area contributed by atoms with Gasteiger partial charge in [0.1, 0.15) is 0 Å². The Kier molecular flexibility index (Phi) is 3.39. The fourth-order valence-electron chi connectivity index (χ4n) is 1.88. The van der Waals surface area contributed by atoms with Crippen molar-refractivity contribution in [3.05, 3.63) is 63.7 Å². The number of hydrogen-bond acceptors (Lipinski definition) is 2. The highest BCUT2D eigenvalue weighted by Crippen LogP contribution is 2.21. The lowest BCUT2D eigenvalue weighted by molar-refractivity contribution is 0.103. The van der Waals surface area contributed by atoms with Gasteiger partial charge in [-0.1, -0.05) is 11.6 Å². The smallest absolute Gasteiger partial charge is 0.193 e. The molecule has 0 saturated carbocycles. The Morgan fingerprint density at radius 3 is 2.39 bits per heavy atom. The summed E-state index contributed by atoms with van der Waals surface area (Å²) in [5, 5.41) is 0.667. The van der Waals surface area contributed by atoms with Crippen LogP contribution in [0.1, 0.15) is 27.0 Å². The third kappa shape index (κ3) is 2.39. The van der Waals surface area contributed by atoms with Gasteiger partial charge in [0.05, 0.1) is 0 Å². The lowest BCUT2D eigenvalue weighted by atomic mass is 9.98. The minimum Gasteiger partial charge on any atom is -0.399 e. The number of hydrogen-bond donors (Lipinski definition) is 1. The van der Waals surface area contributed by atoms with E-state index in [0.29, 0.717) is 21.8 Å². The number of ketones is 1. The second-order valence-corrected chi connectivity index (χ2v) is 4.77. The predicted molar refractivity (Wildman–Crippen MR) is 75.2 cm³/mol. The van der Waals surface area contributed by atoms with E-state index in [1.807, 2.05) is 13.8 Å². The van der Waals surface area contributed by atoms with E-state index in [4.69, 9.17) is 17.3 Å². The minimum absolute atomic E-state index is 0.00716. The summed E-state index contributed by atoms with van der Waals surface area (Å²) >= 11 is 5.96. The highest BCUT2D eigenvalue weighted by atomic mass is 35.5. The van der Waals surface area contributed by atoms with Crippen LogP contribution in [0.2, 0.25) is 5.02 Å². The Morgan fingerprint density at radius 1 is 1.06 bits per heavy atom. The van der Waals surface area contributed by atoms with Crippen LogP contribution in [0.25, 0.3) is 0 Å². The van der Waals surface area contributed by atoms with Crippen LogP contribution < -0.4 is 5.73 Å². The van der Waals surface area contributed by atoms with Crippen LogP contribution in [-0.4, -0.2) is 5.78 Å². The number of nitrogens with two attached hydrogens (primary N) is 1. The quantitative estimate of drug-likeness (QED) is 0.659. The van der Waals surface area contributed by atoms with Crippen LogP contribution in [0, 0.1) is 13.8 Å². The summed E-state index contributed by atoms with van der Waals surface area (Å²) in [6, 6.07) is 10.6. The number of benzene rings is 2. The largest absolute Gasteiger partial charge is 0.399 e. The molecule has 0 radical (unpaired) electrons. The molecule has 2 aromatic rings. The molecule has 0 saturated heterocycles. The van der Waals surface area contributed by atoms with Crippen molar-refractivity contribution in [2.24, 2.45) is 0 Å². The van der Waals surface area contributed by atoms with Crippen LogP contribution in [0.5, 0.6) is 0 Å². The van der Waals surface area contributed by atoms with Crippen molar-refractivity contribution in [1.82, 2.24) is 0 Å². The van der Waals surface area contributed by atoms with Crippen molar-refractivity contribution in [2.75, 3.05) is 5.73 Å². The van der Waals surface area contributed by atoms with E-state index in [2.05, 4.69) is 0 Å². The number of carbonyl (C=O) groups is 1. The van der Waals surface area contributed by atoms with Crippen molar-refractivity contribution in [2.45, 2.75) is 13.8 Å². The van der Waals surface area contributed by atoms with Crippen molar-refractivity contribution < 1.29 is 4.79 Å². The van der Waals surface area contributed by atoms with Gasteiger partial charge in [-0.05, 0) is 61.4 Å². The molecule has 0 aliphatic rings. The Bertz CT molecular complexity index is 620. The van der Waals surface area contributed by atoms with E-state index < -0.39 is 0 Å². The molecule has 0 aliphatic carbocycles. The number of anilines is 1. The Morgan fingerprint density at radius 2 is 1.78 bits per heavy atom. The molecular weight excluding hydrogens is 246 g/mol. The van der Waals surface area contributed by atoms with Gasteiger partial charge in [0.15, 0.2) is 5.78 Å². The van der Waals surface area contributed by atoms with E-state index in [-0.39, 0.29) is 5.78 Å². The third-order valence-electron chi connectivity index (χ3n) is 2.92. The highest BCUT2D eigenvalue weighted by molar-refractivity contribution is 6.31. The van der Waals surface area contributed by atoms with E-state index in [0.717, 1.165) is 11.1 Å². The molecule has 0 fully saturated rings. The van der Waals surface area contributed by atoms with Gasteiger partial charge in [-0.2, -0.15) is 0 Å². The number of nitrogen functional groups attached to an aromatic ring is 1. The zero-order valence-corrected chi connectivity index (χ0v) is 11.1. The standard InChI is InChI=1S/C15H14ClNO/c1-9-8-12(17)4-5-13(9)15(18)11-3-6-14(16)10(2)7-11/h3-8H,17H2,1-2H3. The van der Waals surface area contributed by atoms with Gasteiger partial charge in [0.25, 0.3) is 0 Å². The molecule has 2 nitrogen and oxygen atoms in total. The highest BCUT2D eigenvalue weighted by Gasteiger charge is 2.12. The molecule has 0 amide bonds. The fraction of sp³-hybridized carbons (Fsp3) is 0.133. The Labute approximate surface area is 111 Å². The zero-order valence-electron chi connectivity index (χ0n) is 10.3. The van der Waals surface area contributed by atoms with E-state index >= 15 is 0 Å². The summed E-state index contributed by atoms with van der Waals surface area (Å²) in [7, 11) is 0. The number of rotatable bonds is 2. The topological polar surface area (TPSA) is 43.1 Å². The third-order valence-corrected chi connectivity index (χ3v) is 3.34. The maximum Gasteiger partial charge on any atom is 0.193 e. The van der Waals surface area contributed by atoms with Gasteiger partial charge in [0.2, 0.25) is 0 Å². The Hall–Kier alpha value is -1.80. The molecule has 0 aliphatic heterocycles. The fourth-order valence-corrected chi connectivity index (χ4v) is 2.00. The molecular formula is C15H14ClNO. The van der Waals surface area contributed by atoms with Crippen LogP contribution in [-0.2, 0) is 0 Å². The number of carbonyl (C=O) groups excluding carboxylic acids is 1. The van der Waals surface area contributed by atoms with E-state index in [1.165, 1.54) is 0 Å². The van der Waals surface area contributed by atoms with Gasteiger partial charge < -0.3 is 5.73 Å².